The van der Waals surface area contributed by atoms with E-state index < -0.39 is 23.8 Å². The van der Waals surface area contributed by atoms with Gasteiger partial charge in [-0.3, -0.25) is 20.1 Å². The predicted octanol–water partition coefficient (Wildman–Crippen LogP) is 1.98. The molecule has 4 rings (SSSR count). The Hall–Kier alpha value is -4.87. The Labute approximate surface area is 213 Å². The molecule has 0 spiro atoms. The van der Waals surface area contributed by atoms with Crippen molar-refractivity contribution in [2.45, 2.75) is 18.9 Å². The maximum atomic E-state index is 11.0. The van der Waals surface area contributed by atoms with Crippen LogP contribution in [-0.4, -0.2) is 59.9 Å². The quantitative estimate of drug-likeness (QED) is 0.0985. The number of hydrogen-bond acceptors (Lipinski definition) is 11. The molecule has 1 atom stereocenters. The molecule has 2 aromatic carbocycles. The number of aromatic nitrogens is 2. The third kappa shape index (κ3) is 10.8. The summed E-state index contributed by atoms with van der Waals surface area (Å²) in [6, 6.07) is 14.4. The zero-order valence-electron chi connectivity index (χ0n) is 19.7. The summed E-state index contributed by atoms with van der Waals surface area (Å²) in [6.07, 6.45) is 3.76. The molecular weight excluding hydrogens is 512 g/mol. The third-order valence-corrected chi connectivity index (χ3v) is 4.70. The lowest BCUT2D eigenvalue weighted by molar-refractivity contribution is -0.176. The van der Waals surface area contributed by atoms with E-state index in [0.29, 0.717) is 6.42 Å². The van der Waals surface area contributed by atoms with Crippen molar-refractivity contribution in [2.24, 2.45) is 5.73 Å². The van der Waals surface area contributed by atoms with Crippen molar-refractivity contribution in [3.63, 3.8) is 0 Å². The average molecular weight is 540 g/mol. The predicted molar refractivity (Wildman–Crippen MR) is 140 cm³/mol. The number of carboxylic acid groups (broad SMARTS) is 2. The molecule has 1 unspecified atom stereocenters. The van der Waals surface area contributed by atoms with Gasteiger partial charge in [0.1, 0.15) is 6.04 Å². The average Bonchev–Trinajstić information content (AvgIpc) is 3.52. The highest BCUT2D eigenvalue weighted by Crippen LogP contribution is 2.19. The Kier molecular flexibility index (Phi) is 20.2. The molecule has 0 amide bonds. The van der Waals surface area contributed by atoms with Gasteiger partial charge < -0.3 is 37.5 Å². The number of para-hydroxylation sites is 2. The van der Waals surface area contributed by atoms with Crippen molar-refractivity contribution in [1.82, 2.24) is 16.1 Å². The van der Waals surface area contributed by atoms with Crippen molar-refractivity contribution in [3.05, 3.63) is 91.9 Å². The lowest BCUT2D eigenvalue weighted by Crippen LogP contribution is -2.32. The second-order valence-corrected chi connectivity index (χ2v) is 6.77. The van der Waals surface area contributed by atoms with Gasteiger partial charge in [-0.15, -0.1) is 0 Å². The zero-order valence-corrected chi connectivity index (χ0v) is 19.7. The summed E-state index contributed by atoms with van der Waals surface area (Å²) < 4.78 is 0. The van der Waals surface area contributed by atoms with Gasteiger partial charge in [-0.1, -0.05) is 36.4 Å². The molecule has 0 fully saturated rings. The number of aromatic amines is 2. The Bertz CT molecular complexity index is 1260. The summed E-state index contributed by atoms with van der Waals surface area (Å²) in [5.74, 6) is -3.15. The first-order valence-electron chi connectivity index (χ1n) is 9.74. The van der Waals surface area contributed by atoms with Crippen LogP contribution in [-0.2, 0) is 27.2 Å². The van der Waals surface area contributed by atoms with Gasteiger partial charge in [0.15, 0.2) is 0 Å². The number of carboxylic acids is 2. The molecule has 13 N–H and O–H groups in total. The highest BCUT2D eigenvalue weighted by Gasteiger charge is 2.15. The van der Waals surface area contributed by atoms with Crippen LogP contribution in [0.4, 0.5) is 0 Å². The number of nitrogens with two attached hydrogens (primary N) is 1. The molecule has 0 saturated carbocycles. The fraction of sp³-hybridized carbons (Fsp3) is 0.136. The molecule has 16 heteroatoms. The van der Waals surface area contributed by atoms with E-state index in [4.69, 9.17) is 46.3 Å². The first-order valence-corrected chi connectivity index (χ1v) is 9.74. The highest BCUT2D eigenvalue weighted by atomic mass is 17.0. The second kappa shape index (κ2) is 20.3. The Morgan fingerprint density at radius 1 is 0.763 bits per heavy atom. The van der Waals surface area contributed by atoms with Crippen LogP contribution in [0.15, 0.2) is 60.9 Å². The molecule has 2 heterocycles. The van der Waals surface area contributed by atoms with Crippen molar-refractivity contribution in [2.75, 3.05) is 0 Å². The van der Waals surface area contributed by atoms with Crippen LogP contribution in [0.2, 0.25) is 0 Å². The normalized spacial score (nSPS) is 9.55. The number of aliphatic carboxylic acids is 2. The number of Topliss-reactive ketones (excluding diaryl/α,β-unsaturated/α-hetero) is 1. The lowest BCUT2D eigenvalue weighted by atomic mass is 10.1. The van der Waals surface area contributed by atoms with Crippen molar-refractivity contribution >= 4 is 39.5 Å². The first kappa shape index (κ1) is 37.7. The van der Waals surface area contributed by atoms with Gasteiger partial charge in [0.2, 0.25) is 5.78 Å². The van der Waals surface area contributed by atoms with E-state index in [9.17, 15) is 14.4 Å². The SMILES string of the molecule is N.NC(Cc1c[nH]c2ccccc12)C(=O)O.O.O=C(O)C(=O)Cc1c[nH]c2ccccc12.O=O.O=O.OO. The van der Waals surface area contributed by atoms with Gasteiger partial charge >= 0.3 is 11.9 Å². The van der Waals surface area contributed by atoms with Gasteiger partial charge in [-0.2, -0.15) is 0 Å². The molecule has 0 aliphatic heterocycles. The largest absolute Gasteiger partial charge is 0.480 e. The highest BCUT2D eigenvalue weighted by molar-refractivity contribution is 6.33. The first-order chi connectivity index (χ1) is 17.4. The summed E-state index contributed by atoms with van der Waals surface area (Å²) >= 11 is 0. The fourth-order valence-electron chi connectivity index (χ4n) is 3.15. The topological polar surface area (TPSA) is 325 Å². The van der Waals surface area contributed by atoms with E-state index in [1.807, 2.05) is 54.7 Å². The monoisotopic (exact) mass is 540 g/mol. The number of carbonyl (C=O) groups is 3. The number of benzene rings is 2. The van der Waals surface area contributed by atoms with Crippen molar-refractivity contribution in [3.8, 4) is 0 Å². The van der Waals surface area contributed by atoms with E-state index in [0.717, 1.165) is 32.9 Å². The molecule has 38 heavy (non-hydrogen) atoms. The third-order valence-electron chi connectivity index (χ3n) is 4.70. The van der Waals surface area contributed by atoms with E-state index in [1.165, 1.54) is 0 Å². The number of rotatable bonds is 6. The molecule has 2 aromatic heterocycles. The number of H-pyrrole nitrogens is 2. The van der Waals surface area contributed by atoms with Crippen molar-refractivity contribution < 1.29 is 40.6 Å². The molecule has 0 radical (unpaired) electrons. The molecule has 4 aromatic rings. The smallest absolute Gasteiger partial charge is 0.372 e. The Morgan fingerprint density at radius 3 is 1.58 bits per heavy atom. The van der Waals surface area contributed by atoms with Gasteiger partial charge in [-0.05, 0) is 23.3 Å². The summed E-state index contributed by atoms with van der Waals surface area (Å²) in [7, 11) is 0. The second-order valence-electron chi connectivity index (χ2n) is 6.77. The maximum absolute atomic E-state index is 11.0. The molecule has 208 valence electrons. The molecule has 0 bridgehead atoms. The summed E-state index contributed by atoms with van der Waals surface area (Å²) in [6.45, 7) is 0. The van der Waals surface area contributed by atoms with E-state index in [-0.39, 0.29) is 18.0 Å². The zero-order chi connectivity index (χ0) is 27.7. The van der Waals surface area contributed by atoms with Crippen molar-refractivity contribution in [1.29, 1.82) is 0 Å². The number of fused-ring (bicyclic) bond motifs is 2. The summed E-state index contributed by atoms with van der Waals surface area (Å²) in [5.41, 5.74) is 9.06. The summed E-state index contributed by atoms with van der Waals surface area (Å²) in [4.78, 5) is 66.1. The fourth-order valence-corrected chi connectivity index (χ4v) is 3.15. The van der Waals surface area contributed by atoms with Crippen LogP contribution in [0.25, 0.3) is 21.8 Å². The maximum Gasteiger partial charge on any atom is 0.372 e. The summed E-state index contributed by atoms with van der Waals surface area (Å²) in [5, 5.41) is 31.1. The Morgan fingerprint density at radius 2 is 1.16 bits per heavy atom. The minimum Gasteiger partial charge on any atom is -0.480 e. The van der Waals surface area contributed by atoms with Gasteiger partial charge in [0.25, 0.3) is 0 Å². The van der Waals surface area contributed by atoms with Crippen LogP contribution >= 0.6 is 0 Å². The number of ketones is 1. The number of carbonyl (C=O) groups excluding carboxylic acids is 1. The van der Waals surface area contributed by atoms with E-state index in [1.54, 1.807) is 6.20 Å². The van der Waals surface area contributed by atoms with Crippen LogP contribution in [0.1, 0.15) is 11.1 Å². The molecule has 0 aliphatic rings. The minimum atomic E-state index is -1.39. The van der Waals surface area contributed by atoms with Crippen LogP contribution < -0.4 is 11.9 Å². The molecule has 0 aliphatic carbocycles. The molecule has 16 nitrogen and oxygen atoms in total. The van der Waals surface area contributed by atoms with Crippen LogP contribution in [0.5, 0.6) is 0 Å². The standard InChI is InChI=1S/C11H12N2O2.C11H9NO3.H3N.H2O2.2O2.H2O/c12-9(11(14)15)5-7-6-13-10-4-2-1-3-8(7)10;13-10(11(14)15)5-7-6-12-9-4-2-1-3-8(7)9;;3*1-2;/h1-4,6,9,13H,5,12H2,(H,14,15);1-4,6,12H,5H2,(H,14,15);1H3;1-2H;;;1H2. The Balaban J connectivity index is -0.000000516. The molecular formula is C22H28N4O12. The van der Waals surface area contributed by atoms with Crippen LogP contribution in [0.3, 0.4) is 0 Å². The van der Waals surface area contributed by atoms with Gasteiger partial charge in [0.05, 0.1) is 0 Å². The lowest BCUT2D eigenvalue weighted by Gasteiger charge is -2.04. The number of nitrogens with one attached hydrogen (secondary N) is 2. The van der Waals surface area contributed by atoms with E-state index in [2.05, 4.69) is 9.97 Å². The van der Waals surface area contributed by atoms with E-state index >= 15 is 0 Å². The minimum absolute atomic E-state index is 0. The van der Waals surface area contributed by atoms with Crippen LogP contribution in [0, 0.1) is 19.9 Å². The number of hydrogen-bond donors (Lipinski definition) is 8. The van der Waals surface area contributed by atoms with Gasteiger partial charge in [-0.25, -0.2) is 4.79 Å². The molecule has 0 saturated heterocycles. The van der Waals surface area contributed by atoms with Gasteiger partial charge in [0, 0.05) is 66.9 Å².